The van der Waals surface area contributed by atoms with Crippen molar-refractivity contribution in [2.24, 2.45) is 11.8 Å². The Morgan fingerprint density at radius 2 is 1.80 bits per heavy atom. The van der Waals surface area contributed by atoms with E-state index in [1.165, 1.54) is 0 Å². The number of aromatic nitrogens is 5. The van der Waals surface area contributed by atoms with Crippen molar-refractivity contribution in [3.63, 3.8) is 0 Å². The standard InChI is InChI=1S/C23H28F3N7O2/c1-12(2)33-22(34-18-8-13(3)7-17(9-18)23(24,25)26)29-20(30-33)28-19-15-5-6-16(19)11-32(10-15)21-27-14(4)31-35-21/h7-9,12,15-16,19H,5-6,10-11H2,1-4H3,(H,28,30)/t15-,16+,19?. The van der Waals surface area contributed by atoms with Crippen molar-refractivity contribution in [1.29, 1.82) is 0 Å². The van der Waals surface area contributed by atoms with E-state index in [9.17, 15) is 13.2 Å². The Hall–Kier alpha value is -3.31. The summed E-state index contributed by atoms with van der Waals surface area (Å²) in [5.41, 5.74) is -0.315. The molecule has 3 aromatic rings. The number of anilines is 2. The van der Waals surface area contributed by atoms with Crippen molar-refractivity contribution in [2.45, 2.75) is 58.8 Å². The lowest BCUT2D eigenvalue weighted by molar-refractivity contribution is -0.137. The monoisotopic (exact) mass is 491 g/mol. The Morgan fingerprint density at radius 1 is 1.09 bits per heavy atom. The van der Waals surface area contributed by atoms with Crippen LogP contribution in [0.4, 0.5) is 25.1 Å². The number of halogens is 3. The molecule has 1 saturated heterocycles. The lowest BCUT2D eigenvalue weighted by Gasteiger charge is -2.37. The fourth-order valence-electron chi connectivity index (χ4n) is 5.03. The van der Waals surface area contributed by atoms with Gasteiger partial charge in [-0.1, -0.05) is 5.16 Å². The molecule has 0 radical (unpaired) electrons. The van der Waals surface area contributed by atoms with Gasteiger partial charge in [0, 0.05) is 19.1 Å². The van der Waals surface area contributed by atoms with Crippen LogP contribution in [0.5, 0.6) is 11.8 Å². The van der Waals surface area contributed by atoms with Gasteiger partial charge >= 0.3 is 18.2 Å². The molecule has 0 spiro atoms. The smallest absolute Gasteiger partial charge is 0.416 e. The van der Waals surface area contributed by atoms with Gasteiger partial charge in [-0.2, -0.15) is 23.1 Å². The Kier molecular flexibility index (Phi) is 5.84. The molecule has 12 heteroatoms. The molecular weight excluding hydrogens is 463 g/mol. The molecular formula is C23H28F3N7O2. The second-order valence-electron chi connectivity index (χ2n) is 9.69. The predicted molar refractivity (Wildman–Crippen MR) is 122 cm³/mol. The van der Waals surface area contributed by atoms with Crippen LogP contribution >= 0.6 is 0 Å². The number of nitrogens with zero attached hydrogens (tertiary/aromatic N) is 6. The second-order valence-corrected chi connectivity index (χ2v) is 9.69. The molecule has 1 aromatic carbocycles. The third-order valence-electron chi connectivity index (χ3n) is 6.59. The molecule has 3 atom stereocenters. The minimum Gasteiger partial charge on any atom is -0.424 e. The zero-order valence-corrected chi connectivity index (χ0v) is 20.0. The number of fused-ring (bicyclic) bond motifs is 2. The fraction of sp³-hybridized carbons (Fsp3) is 0.565. The Bertz CT molecular complexity index is 1190. The summed E-state index contributed by atoms with van der Waals surface area (Å²) in [5, 5.41) is 11.9. The van der Waals surface area contributed by atoms with Crippen LogP contribution in [0.1, 0.15) is 49.7 Å². The van der Waals surface area contributed by atoms with Crippen LogP contribution in [0.3, 0.4) is 0 Å². The number of alkyl halides is 3. The van der Waals surface area contributed by atoms with Gasteiger partial charge in [-0.3, -0.25) is 0 Å². The minimum absolute atomic E-state index is 0.0707. The average molecular weight is 492 g/mol. The molecule has 0 amide bonds. The maximum atomic E-state index is 13.3. The summed E-state index contributed by atoms with van der Waals surface area (Å²) in [6, 6.07) is 4.39. The van der Waals surface area contributed by atoms with Crippen LogP contribution in [0, 0.1) is 25.7 Å². The molecule has 3 heterocycles. The molecule has 2 fully saturated rings. The number of benzene rings is 1. The van der Waals surface area contributed by atoms with Crippen LogP contribution in [0.15, 0.2) is 22.7 Å². The topological polar surface area (TPSA) is 94.1 Å². The number of nitrogens with one attached hydrogen (secondary N) is 1. The summed E-state index contributed by atoms with van der Waals surface area (Å²) >= 11 is 0. The number of ether oxygens (including phenoxy) is 1. The van der Waals surface area contributed by atoms with Gasteiger partial charge in [0.15, 0.2) is 5.82 Å². The maximum absolute atomic E-state index is 13.3. The van der Waals surface area contributed by atoms with E-state index in [-0.39, 0.29) is 23.8 Å². The van der Waals surface area contributed by atoms with Crippen LogP contribution < -0.4 is 15.0 Å². The van der Waals surface area contributed by atoms with Crippen LogP contribution in [0.25, 0.3) is 0 Å². The molecule has 9 nitrogen and oxygen atoms in total. The molecule has 2 aliphatic rings. The molecule has 35 heavy (non-hydrogen) atoms. The van der Waals surface area contributed by atoms with Gasteiger partial charge in [0.2, 0.25) is 5.95 Å². The zero-order valence-electron chi connectivity index (χ0n) is 20.0. The summed E-state index contributed by atoms with van der Waals surface area (Å²) < 4.78 is 52.5. The van der Waals surface area contributed by atoms with E-state index in [0.717, 1.165) is 38.1 Å². The van der Waals surface area contributed by atoms with Gasteiger partial charge < -0.3 is 19.5 Å². The highest BCUT2D eigenvalue weighted by Gasteiger charge is 2.44. The first-order valence-corrected chi connectivity index (χ1v) is 11.7. The molecule has 5 rings (SSSR count). The van der Waals surface area contributed by atoms with Crippen molar-refractivity contribution in [2.75, 3.05) is 23.3 Å². The van der Waals surface area contributed by atoms with Crippen molar-refractivity contribution in [3.05, 3.63) is 35.2 Å². The average Bonchev–Trinajstić information content (AvgIpc) is 3.43. The van der Waals surface area contributed by atoms with E-state index >= 15 is 0 Å². The van der Waals surface area contributed by atoms with Gasteiger partial charge in [0.05, 0.1) is 11.6 Å². The molecule has 2 aromatic heterocycles. The van der Waals surface area contributed by atoms with Gasteiger partial charge in [0.25, 0.3) is 0 Å². The summed E-state index contributed by atoms with van der Waals surface area (Å²) in [4.78, 5) is 11.0. The third kappa shape index (κ3) is 4.78. The first-order chi connectivity index (χ1) is 16.6. The molecule has 1 aliphatic carbocycles. The lowest BCUT2D eigenvalue weighted by Crippen LogP contribution is -2.48. The molecule has 1 aliphatic heterocycles. The Morgan fingerprint density at radius 3 is 2.40 bits per heavy atom. The number of rotatable bonds is 6. The SMILES string of the molecule is Cc1cc(Oc2nc(NC3[C@@H]4CC[C@H]3CN(c3nc(C)no3)C4)nn2C(C)C)cc(C(F)(F)F)c1. The second kappa shape index (κ2) is 8.72. The van der Waals surface area contributed by atoms with E-state index in [1.807, 2.05) is 13.8 Å². The summed E-state index contributed by atoms with van der Waals surface area (Å²) in [7, 11) is 0. The molecule has 2 bridgehead atoms. The van der Waals surface area contributed by atoms with E-state index in [2.05, 4.69) is 30.4 Å². The van der Waals surface area contributed by atoms with E-state index in [0.29, 0.717) is 35.2 Å². The number of hydrogen-bond donors (Lipinski definition) is 1. The molecule has 1 N–H and O–H groups in total. The first kappa shape index (κ1) is 23.4. The third-order valence-corrected chi connectivity index (χ3v) is 6.59. The predicted octanol–water partition coefficient (Wildman–Crippen LogP) is 5.00. The van der Waals surface area contributed by atoms with E-state index in [1.54, 1.807) is 24.6 Å². The van der Waals surface area contributed by atoms with E-state index in [4.69, 9.17) is 9.26 Å². The maximum Gasteiger partial charge on any atom is 0.416 e. The van der Waals surface area contributed by atoms with Crippen molar-refractivity contribution < 1.29 is 22.4 Å². The highest BCUT2D eigenvalue weighted by molar-refractivity contribution is 5.38. The highest BCUT2D eigenvalue weighted by Crippen LogP contribution is 2.40. The normalized spacial score (nSPS) is 22.2. The van der Waals surface area contributed by atoms with Crippen molar-refractivity contribution >= 4 is 12.0 Å². The highest BCUT2D eigenvalue weighted by atomic mass is 19.4. The molecule has 188 valence electrons. The lowest BCUT2D eigenvalue weighted by atomic mass is 9.92. The van der Waals surface area contributed by atoms with Gasteiger partial charge in [-0.25, -0.2) is 4.68 Å². The van der Waals surface area contributed by atoms with Crippen molar-refractivity contribution in [1.82, 2.24) is 24.9 Å². The number of piperidine rings is 1. The number of aryl methyl sites for hydroxylation is 2. The van der Waals surface area contributed by atoms with Crippen LogP contribution in [-0.4, -0.2) is 44.0 Å². The van der Waals surface area contributed by atoms with Crippen molar-refractivity contribution in [3.8, 4) is 11.8 Å². The Balaban J connectivity index is 1.34. The largest absolute Gasteiger partial charge is 0.424 e. The summed E-state index contributed by atoms with van der Waals surface area (Å²) in [6.45, 7) is 8.79. The quantitative estimate of drug-likeness (QED) is 0.515. The Labute approximate surface area is 200 Å². The van der Waals surface area contributed by atoms with Gasteiger partial charge in [-0.15, -0.1) is 5.10 Å². The fourth-order valence-corrected chi connectivity index (χ4v) is 5.03. The van der Waals surface area contributed by atoms with Crippen LogP contribution in [-0.2, 0) is 6.18 Å². The van der Waals surface area contributed by atoms with Crippen LogP contribution in [0.2, 0.25) is 0 Å². The zero-order chi connectivity index (χ0) is 24.9. The summed E-state index contributed by atoms with van der Waals surface area (Å²) in [5.74, 6) is 1.78. The first-order valence-electron chi connectivity index (χ1n) is 11.7. The van der Waals surface area contributed by atoms with E-state index < -0.39 is 11.7 Å². The minimum atomic E-state index is -4.46. The van der Waals surface area contributed by atoms with Gasteiger partial charge in [-0.05, 0) is 76.1 Å². The molecule has 1 unspecified atom stereocenters. The molecule has 1 saturated carbocycles. The van der Waals surface area contributed by atoms with Gasteiger partial charge in [0.1, 0.15) is 5.75 Å². The number of hydrogen-bond acceptors (Lipinski definition) is 8. The summed E-state index contributed by atoms with van der Waals surface area (Å²) in [6.07, 6.45) is -2.34.